The van der Waals surface area contributed by atoms with Crippen LogP contribution >= 0.6 is 0 Å². The number of rotatable bonds is 5. The van der Waals surface area contributed by atoms with Gasteiger partial charge in [-0.2, -0.15) is 22.0 Å². The standard InChI is InChI=1S/C22H23F5O4Si/c1-4-10-8-7-9-13-15(10)20(31-32,21(23,24)22(25,26)27)16-11(5-2)12(6-3)18(29)19(30)14(16)17(13)28/h7-9,29-30H,4-6H2,1-3,32H3. The fourth-order valence-corrected chi connectivity index (χ4v) is 5.47. The maximum absolute atomic E-state index is 15.6. The monoisotopic (exact) mass is 474 g/mol. The lowest BCUT2D eigenvalue weighted by Gasteiger charge is -2.47. The molecule has 174 valence electrons. The van der Waals surface area contributed by atoms with Crippen molar-refractivity contribution in [3.05, 3.63) is 57.1 Å². The molecule has 0 aromatic heterocycles. The SMILES string of the molecule is CCc1cccc2c1C(O[SiH3])(C(F)(F)C(F)(F)F)c1c(CC)c(CC)c(O)c(O)c1C2=O. The van der Waals surface area contributed by atoms with Crippen LogP contribution in [-0.4, -0.2) is 38.6 Å². The molecule has 32 heavy (non-hydrogen) atoms. The van der Waals surface area contributed by atoms with Crippen LogP contribution in [0.4, 0.5) is 22.0 Å². The van der Waals surface area contributed by atoms with Gasteiger partial charge in [-0.25, -0.2) is 0 Å². The molecule has 10 heteroatoms. The Morgan fingerprint density at radius 2 is 1.53 bits per heavy atom. The minimum Gasteiger partial charge on any atom is -0.504 e. The molecule has 0 fully saturated rings. The Morgan fingerprint density at radius 1 is 0.938 bits per heavy atom. The summed E-state index contributed by atoms with van der Waals surface area (Å²) in [6.07, 6.45) is -6.01. The largest absolute Gasteiger partial charge is 0.504 e. The number of hydrogen-bond acceptors (Lipinski definition) is 4. The normalized spacial score (nSPS) is 18.6. The highest BCUT2D eigenvalue weighted by Crippen LogP contribution is 2.61. The van der Waals surface area contributed by atoms with Crippen molar-refractivity contribution in [1.29, 1.82) is 0 Å². The maximum atomic E-state index is 15.6. The number of carbonyl (C=O) groups is 1. The number of ketones is 1. The summed E-state index contributed by atoms with van der Waals surface area (Å²) in [7, 11) is -0.540. The predicted molar refractivity (Wildman–Crippen MR) is 111 cm³/mol. The molecule has 1 atom stereocenters. The zero-order valence-corrected chi connectivity index (χ0v) is 20.0. The lowest BCUT2D eigenvalue weighted by Crippen LogP contribution is -2.59. The fraction of sp³-hybridized carbons (Fsp3) is 0.409. The number of halogens is 5. The van der Waals surface area contributed by atoms with E-state index in [4.69, 9.17) is 4.43 Å². The van der Waals surface area contributed by atoms with Gasteiger partial charge in [0.25, 0.3) is 0 Å². The minimum absolute atomic E-state index is 0.00459. The number of phenols is 2. The Hall–Kier alpha value is -2.46. The second-order valence-corrected chi connectivity index (χ2v) is 8.00. The van der Waals surface area contributed by atoms with Crippen molar-refractivity contribution in [2.45, 2.75) is 57.7 Å². The van der Waals surface area contributed by atoms with Gasteiger partial charge in [0.1, 0.15) is 10.5 Å². The average molecular weight is 474 g/mol. The van der Waals surface area contributed by atoms with E-state index in [0.29, 0.717) is 0 Å². The van der Waals surface area contributed by atoms with Crippen LogP contribution in [0.5, 0.6) is 11.5 Å². The van der Waals surface area contributed by atoms with Crippen molar-refractivity contribution in [2.24, 2.45) is 0 Å². The quantitative estimate of drug-likeness (QED) is 0.390. The highest BCUT2D eigenvalue weighted by molar-refractivity contribution is 6.16. The van der Waals surface area contributed by atoms with Crippen LogP contribution < -0.4 is 0 Å². The average Bonchev–Trinajstić information content (AvgIpc) is 2.74. The van der Waals surface area contributed by atoms with Crippen LogP contribution in [0.2, 0.25) is 0 Å². The van der Waals surface area contributed by atoms with Crippen molar-refractivity contribution in [3.63, 3.8) is 0 Å². The Kier molecular flexibility index (Phi) is 5.93. The number of benzene rings is 2. The summed E-state index contributed by atoms with van der Waals surface area (Å²) in [5.74, 6) is -8.12. The van der Waals surface area contributed by atoms with Crippen molar-refractivity contribution < 1.29 is 41.4 Å². The molecule has 2 aromatic rings. The van der Waals surface area contributed by atoms with Gasteiger partial charge in [0.05, 0.1) is 5.56 Å². The highest BCUT2D eigenvalue weighted by atomic mass is 28.2. The van der Waals surface area contributed by atoms with E-state index in [0.717, 1.165) is 6.07 Å². The first-order valence-corrected chi connectivity index (χ1v) is 11.0. The highest BCUT2D eigenvalue weighted by Gasteiger charge is 2.74. The van der Waals surface area contributed by atoms with Crippen molar-refractivity contribution >= 4 is 16.3 Å². The summed E-state index contributed by atoms with van der Waals surface area (Å²) in [6.45, 7) is 4.65. The summed E-state index contributed by atoms with van der Waals surface area (Å²) in [5, 5.41) is 21.1. The molecule has 0 aliphatic heterocycles. The van der Waals surface area contributed by atoms with Gasteiger partial charge in [-0.15, -0.1) is 0 Å². The van der Waals surface area contributed by atoms with Crippen molar-refractivity contribution in [2.75, 3.05) is 0 Å². The molecule has 1 unspecified atom stereocenters. The first-order chi connectivity index (χ1) is 14.9. The minimum atomic E-state index is -6.03. The van der Waals surface area contributed by atoms with Crippen LogP contribution in [0.3, 0.4) is 0 Å². The van der Waals surface area contributed by atoms with Crippen LogP contribution in [0, 0.1) is 0 Å². The third-order valence-corrected chi connectivity index (χ3v) is 6.79. The molecular weight excluding hydrogens is 451 g/mol. The molecule has 1 aliphatic rings. The van der Waals surface area contributed by atoms with E-state index in [1.54, 1.807) is 13.8 Å². The molecule has 0 heterocycles. The summed E-state index contributed by atoms with van der Waals surface area (Å²) in [5.41, 5.74) is -5.81. The summed E-state index contributed by atoms with van der Waals surface area (Å²) in [4.78, 5) is 13.4. The first-order valence-electron chi connectivity index (χ1n) is 10.1. The Balaban J connectivity index is 2.73. The molecule has 3 rings (SSSR count). The van der Waals surface area contributed by atoms with Crippen LogP contribution in [0.15, 0.2) is 18.2 Å². The molecule has 0 saturated carbocycles. The van der Waals surface area contributed by atoms with Gasteiger partial charge in [0.2, 0.25) is 0 Å². The predicted octanol–water partition coefficient (Wildman–Crippen LogP) is 4.07. The van der Waals surface area contributed by atoms with Gasteiger partial charge in [0, 0.05) is 22.3 Å². The first kappa shape index (κ1) is 24.2. The number of phenolic OH excluding ortho intramolecular Hbond substituents is 2. The fourth-order valence-electron chi connectivity index (χ4n) is 4.81. The van der Waals surface area contributed by atoms with Gasteiger partial charge in [-0.05, 0) is 30.4 Å². The third kappa shape index (κ3) is 2.85. The molecule has 0 bridgehead atoms. The number of hydrogen-bond donors (Lipinski definition) is 2. The van der Waals surface area contributed by atoms with Gasteiger partial charge in [-0.3, -0.25) is 4.79 Å². The van der Waals surface area contributed by atoms with Gasteiger partial charge >= 0.3 is 12.1 Å². The summed E-state index contributed by atoms with van der Waals surface area (Å²) < 4.78 is 78.3. The van der Waals surface area contributed by atoms with Crippen LogP contribution in [-0.2, 0) is 29.3 Å². The molecule has 1 aliphatic carbocycles. The number of aromatic hydroxyl groups is 2. The van der Waals surface area contributed by atoms with E-state index in [1.807, 2.05) is 0 Å². The van der Waals surface area contributed by atoms with E-state index in [9.17, 15) is 28.2 Å². The van der Waals surface area contributed by atoms with Crippen molar-refractivity contribution in [1.82, 2.24) is 0 Å². The zero-order valence-electron chi connectivity index (χ0n) is 18.0. The second kappa shape index (κ2) is 7.84. The smallest absolute Gasteiger partial charge is 0.457 e. The molecule has 0 amide bonds. The lowest BCUT2D eigenvalue weighted by molar-refractivity contribution is -0.331. The van der Waals surface area contributed by atoms with Crippen LogP contribution in [0.25, 0.3) is 0 Å². The van der Waals surface area contributed by atoms with Gasteiger partial charge in [-0.1, -0.05) is 39.0 Å². The van der Waals surface area contributed by atoms with E-state index in [-0.39, 0.29) is 36.0 Å². The Bertz CT molecular complexity index is 1100. The van der Waals surface area contributed by atoms with E-state index >= 15 is 8.78 Å². The summed E-state index contributed by atoms with van der Waals surface area (Å²) in [6, 6.07) is 3.89. The number of aryl methyl sites for hydroxylation is 1. The number of carbonyl (C=O) groups excluding carboxylic acids is 1. The zero-order chi connectivity index (χ0) is 24.2. The topological polar surface area (TPSA) is 66.8 Å². The van der Waals surface area contributed by atoms with Crippen LogP contribution in [0.1, 0.15) is 64.5 Å². The van der Waals surface area contributed by atoms with Crippen molar-refractivity contribution in [3.8, 4) is 11.5 Å². The molecule has 0 spiro atoms. The molecule has 2 N–H and O–H groups in total. The summed E-state index contributed by atoms with van der Waals surface area (Å²) >= 11 is 0. The Labute approximate surface area is 184 Å². The van der Waals surface area contributed by atoms with E-state index < -0.39 is 67.7 Å². The Morgan fingerprint density at radius 3 is 2.00 bits per heavy atom. The molecule has 4 nitrogen and oxygen atoms in total. The lowest BCUT2D eigenvalue weighted by atomic mass is 9.66. The van der Waals surface area contributed by atoms with E-state index in [2.05, 4.69) is 0 Å². The number of fused-ring (bicyclic) bond motifs is 2. The van der Waals surface area contributed by atoms with Gasteiger partial charge < -0.3 is 14.6 Å². The number of alkyl halides is 5. The molecule has 0 radical (unpaired) electrons. The third-order valence-electron chi connectivity index (χ3n) is 6.18. The van der Waals surface area contributed by atoms with E-state index in [1.165, 1.54) is 19.1 Å². The van der Waals surface area contributed by atoms with Gasteiger partial charge in [0.15, 0.2) is 22.9 Å². The molecule has 0 saturated heterocycles. The maximum Gasteiger partial charge on any atom is 0.457 e. The second-order valence-electron chi connectivity index (χ2n) is 7.59. The molecular formula is C22H23F5O4Si. The molecule has 2 aromatic carbocycles.